The summed E-state index contributed by atoms with van der Waals surface area (Å²) in [5.41, 5.74) is 1.72. The lowest BCUT2D eigenvalue weighted by Gasteiger charge is -2.13. The number of rotatable bonds is 5. The van der Waals surface area contributed by atoms with Gasteiger partial charge in [0.25, 0.3) is 11.4 Å². The molecular formula is C18H14BrN3O4. The van der Waals surface area contributed by atoms with Crippen LogP contribution in [-0.2, 0) is 0 Å². The van der Waals surface area contributed by atoms with E-state index in [1.807, 2.05) is 35.2 Å². The van der Waals surface area contributed by atoms with Crippen molar-refractivity contribution in [3.8, 4) is 0 Å². The standard InChI is InChI=1S/C18H14N3O4.BrH/c22-20(23)16-8-4-14(5-9-16)18(19-12-2-1-3-13-19)15-6-10-17(11-7-15)21(24)25;/h1-13,18H;1H/q+1;/p-1. The van der Waals surface area contributed by atoms with Crippen molar-refractivity contribution in [1.82, 2.24) is 0 Å². The molecule has 0 unspecified atom stereocenters. The van der Waals surface area contributed by atoms with Crippen LogP contribution in [0.3, 0.4) is 0 Å². The number of aromatic nitrogens is 1. The van der Waals surface area contributed by atoms with Gasteiger partial charge in [0.1, 0.15) is 0 Å². The fraction of sp³-hybridized carbons (Fsp3) is 0.0556. The van der Waals surface area contributed by atoms with Crippen LogP contribution in [-0.4, -0.2) is 9.85 Å². The predicted octanol–water partition coefficient (Wildman–Crippen LogP) is 0.432. The van der Waals surface area contributed by atoms with Gasteiger partial charge in [-0.1, -0.05) is 6.07 Å². The Balaban J connectivity index is 0.00000243. The van der Waals surface area contributed by atoms with Gasteiger partial charge in [-0.2, -0.15) is 4.57 Å². The summed E-state index contributed by atoms with van der Waals surface area (Å²) < 4.78 is 1.95. The van der Waals surface area contributed by atoms with Gasteiger partial charge in [0, 0.05) is 47.5 Å². The Labute approximate surface area is 159 Å². The van der Waals surface area contributed by atoms with Gasteiger partial charge in [-0.3, -0.25) is 20.2 Å². The molecule has 0 radical (unpaired) electrons. The van der Waals surface area contributed by atoms with Gasteiger partial charge in [-0.25, -0.2) is 0 Å². The highest BCUT2D eigenvalue weighted by atomic mass is 79.9. The summed E-state index contributed by atoms with van der Waals surface area (Å²) in [5, 5.41) is 21.7. The molecule has 3 rings (SSSR count). The fourth-order valence-corrected chi connectivity index (χ4v) is 2.68. The molecule has 0 aliphatic carbocycles. The maximum atomic E-state index is 10.9. The quantitative estimate of drug-likeness (QED) is 0.343. The van der Waals surface area contributed by atoms with Gasteiger partial charge in [0.15, 0.2) is 12.4 Å². The summed E-state index contributed by atoms with van der Waals surface area (Å²) in [4.78, 5) is 20.8. The van der Waals surface area contributed by atoms with E-state index in [9.17, 15) is 20.2 Å². The third-order valence-corrected chi connectivity index (χ3v) is 3.88. The van der Waals surface area contributed by atoms with Crippen LogP contribution in [0.25, 0.3) is 0 Å². The Morgan fingerprint density at radius 2 is 1.08 bits per heavy atom. The molecule has 0 saturated carbocycles. The van der Waals surface area contributed by atoms with E-state index in [4.69, 9.17) is 0 Å². The van der Waals surface area contributed by atoms with Gasteiger partial charge in [-0.15, -0.1) is 0 Å². The molecular weight excluding hydrogens is 402 g/mol. The van der Waals surface area contributed by atoms with Gasteiger partial charge in [-0.05, 0) is 24.3 Å². The number of halogens is 1. The van der Waals surface area contributed by atoms with Gasteiger partial charge in [0.2, 0.25) is 6.04 Å². The number of non-ortho nitro benzene ring substituents is 2. The summed E-state index contributed by atoms with van der Waals surface area (Å²) in [7, 11) is 0. The molecule has 0 bridgehead atoms. The Morgan fingerprint density at radius 3 is 1.42 bits per heavy atom. The van der Waals surface area contributed by atoms with Crippen molar-refractivity contribution in [3.63, 3.8) is 0 Å². The molecule has 7 nitrogen and oxygen atoms in total. The molecule has 0 fully saturated rings. The van der Waals surface area contributed by atoms with Crippen molar-refractivity contribution in [2.24, 2.45) is 0 Å². The minimum atomic E-state index is -0.444. The number of benzene rings is 2. The van der Waals surface area contributed by atoms with Crippen molar-refractivity contribution in [2.75, 3.05) is 0 Å². The number of nitro benzene ring substituents is 2. The SMILES string of the molecule is O=[N+]([O-])c1ccc(C(c2ccc([N+](=O)[O-])cc2)[n+]2ccccc2)cc1.[Br-]. The molecule has 0 atom stereocenters. The summed E-state index contributed by atoms with van der Waals surface area (Å²) in [6.45, 7) is 0. The first kappa shape index (κ1) is 19.2. The topological polar surface area (TPSA) is 90.2 Å². The maximum absolute atomic E-state index is 10.9. The van der Waals surface area contributed by atoms with E-state index in [-0.39, 0.29) is 34.4 Å². The molecule has 26 heavy (non-hydrogen) atoms. The number of nitrogens with zero attached hydrogens (tertiary/aromatic N) is 3. The molecule has 0 N–H and O–H groups in total. The Kier molecular flexibility index (Phi) is 6.13. The second kappa shape index (κ2) is 8.30. The minimum Gasteiger partial charge on any atom is -1.00 e. The largest absolute Gasteiger partial charge is 1.00 e. The predicted molar refractivity (Wildman–Crippen MR) is 90.1 cm³/mol. The molecule has 0 spiro atoms. The summed E-state index contributed by atoms with van der Waals surface area (Å²) in [6.07, 6.45) is 3.76. The number of pyridine rings is 1. The second-order valence-electron chi connectivity index (χ2n) is 5.42. The Morgan fingerprint density at radius 1 is 0.692 bits per heavy atom. The molecule has 2 aromatic carbocycles. The van der Waals surface area contributed by atoms with Gasteiger partial charge < -0.3 is 17.0 Å². The van der Waals surface area contributed by atoms with Crippen LogP contribution >= 0.6 is 0 Å². The summed E-state index contributed by atoms with van der Waals surface area (Å²) >= 11 is 0. The van der Waals surface area contributed by atoms with Gasteiger partial charge in [0.05, 0.1) is 9.85 Å². The molecule has 0 saturated heterocycles. The molecule has 132 valence electrons. The van der Waals surface area contributed by atoms with Crippen molar-refractivity contribution >= 4 is 11.4 Å². The molecule has 1 aromatic heterocycles. The van der Waals surface area contributed by atoms with E-state index in [0.717, 1.165) is 11.1 Å². The molecule has 0 amide bonds. The lowest BCUT2D eigenvalue weighted by atomic mass is 9.97. The first-order valence-corrected chi connectivity index (χ1v) is 7.51. The van der Waals surface area contributed by atoms with Crippen molar-refractivity contribution < 1.29 is 31.4 Å². The van der Waals surface area contributed by atoms with Gasteiger partial charge >= 0.3 is 0 Å². The zero-order valence-corrected chi connectivity index (χ0v) is 15.0. The Bertz CT molecular complexity index is 842. The highest BCUT2D eigenvalue weighted by Gasteiger charge is 2.24. The van der Waals surface area contributed by atoms with Crippen LogP contribution in [0.15, 0.2) is 79.1 Å². The zero-order valence-electron chi connectivity index (χ0n) is 13.4. The summed E-state index contributed by atoms with van der Waals surface area (Å²) in [6, 6.07) is 18.0. The third kappa shape index (κ3) is 4.09. The monoisotopic (exact) mass is 415 g/mol. The lowest BCUT2D eigenvalue weighted by molar-refractivity contribution is -0.704. The van der Waals surface area contributed by atoms with Crippen LogP contribution in [0.4, 0.5) is 11.4 Å². The van der Waals surface area contributed by atoms with E-state index < -0.39 is 9.85 Å². The first-order valence-electron chi connectivity index (χ1n) is 7.51. The van der Waals surface area contributed by atoms with Crippen LogP contribution in [0.1, 0.15) is 17.2 Å². The van der Waals surface area contributed by atoms with E-state index in [1.165, 1.54) is 24.3 Å². The molecule has 0 aliphatic heterocycles. The van der Waals surface area contributed by atoms with E-state index in [2.05, 4.69) is 0 Å². The Hall–Kier alpha value is -3.13. The fourth-order valence-electron chi connectivity index (χ4n) is 2.68. The highest BCUT2D eigenvalue weighted by Crippen LogP contribution is 2.25. The number of nitro groups is 2. The summed E-state index contributed by atoms with van der Waals surface area (Å²) in [5.74, 6) is 0. The van der Waals surface area contributed by atoms with Crippen molar-refractivity contribution in [1.29, 1.82) is 0 Å². The molecule has 0 aliphatic rings. The molecule has 3 aromatic rings. The van der Waals surface area contributed by atoms with Crippen molar-refractivity contribution in [2.45, 2.75) is 6.04 Å². The zero-order chi connectivity index (χ0) is 17.8. The normalized spacial score (nSPS) is 10.2. The second-order valence-corrected chi connectivity index (χ2v) is 5.42. The molecule has 1 heterocycles. The van der Waals surface area contributed by atoms with Crippen molar-refractivity contribution in [3.05, 3.63) is 110 Å². The van der Waals surface area contributed by atoms with Crippen LogP contribution in [0.5, 0.6) is 0 Å². The van der Waals surface area contributed by atoms with E-state index >= 15 is 0 Å². The number of hydrogen-bond acceptors (Lipinski definition) is 4. The smallest absolute Gasteiger partial charge is 0.269 e. The highest BCUT2D eigenvalue weighted by molar-refractivity contribution is 5.40. The van der Waals surface area contributed by atoms with Crippen LogP contribution in [0, 0.1) is 20.2 Å². The van der Waals surface area contributed by atoms with Crippen LogP contribution in [0.2, 0.25) is 0 Å². The minimum absolute atomic E-state index is 0. The maximum Gasteiger partial charge on any atom is 0.269 e. The molecule has 8 heteroatoms. The number of hydrogen-bond donors (Lipinski definition) is 0. The third-order valence-electron chi connectivity index (χ3n) is 3.88. The van der Waals surface area contributed by atoms with Crippen LogP contribution < -0.4 is 21.5 Å². The first-order chi connectivity index (χ1) is 12.1. The van der Waals surface area contributed by atoms with E-state index in [0.29, 0.717) is 0 Å². The average molecular weight is 416 g/mol. The lowest BCUT2D eigenvalue weighted by Crippen LogP contribution is -3.00. The van der Waals surface area contributed by atoms with E-state index in [1.54, 1.807) is 24.3 Å². The average Bonchev–Trinajstić information content (AvgIpc) is 2.64.